The Hall–Kier alpha value is -3.09. The molecule has 1 aliphatic heterocycles. The van der Waals surface area contributed by atoms with Gasteiger partial charge in [0.1, 0.15) is 6.04 Å². The molecule has 1 aromatic carbocycles. The maximum Gasteiger partial charge on any atom is 0.329 e. The van der Waals surface area contributed by atoms with E-state index in [9.17, 15) is 14.4 Å². The van der Waals surface area contributed by atoms with Gasteiger partial charge in [0.25, 0.3) is 11.8 Å². The summed E-state index contributed by atoms with van der Waals surface area (Å²) < 4.78 is 10.4. The van der Waals surface area contributed by atoms with Crippen molar-refractivity contribution in [1.82, 2.24) is 4.90 Å². The number of benzene rings is 1. The quantitative estimate of drug-likeness (QED) is 0.724. The summed E-state index contributed by atoms with van der Waals surface area (Å²) in [7, 11) is 0. The number of aryl methyl sites for hydroxylation is 2. The number of furan rings is 1. The number of hydrogen-bond donors (Lipinski definition) is 1. The number of para-hydroxylation sites is 1. The Morgan fingerprint density at radius 3 is 2.48 bits per heavy atom. The van der Waals surface area contributed by atoms with Crippen molar-refractivity contribution in [2.45, 2.75) is 45.6 Å². The molecule has 1 fully saturated rings. The van der Waals surface area contributed by atoms with Crippen LogP contribution in [0.4, 0.5) is 5.69 Å². The molecular formula is C22H26N2O5. The van der Waals surface area contributed by atoms with Gasteiger partial charge in [-0.3, -0.25) is 9.59 Å². The standard InChI is InChI=1S/C22H26N2O5/c1-3-15-8-5-9-16(4-2)20(15)23-19(25)14-29-22(27)17-10-6-12-24(17)21(26)18-11-7-13-28-18/h5,7-9,11,13,17H,3-4,6,10,12,14H2,1-2H3,(H,23,25). The first-order chi connectivity index (χ1) is 14.0. The van der Waals surface area contributed by atoms with Crippen molar-refractivity contribution < 1.29 is 23.5 Å². The molecule has 1 aromatic heterocycles. The lowest BCUT2D eigenvalue weighted by molar-refractivity contribution is -0.151. The van der Waals surface area contributed by atoms with Crippen molar-refractivity contribution in [3.05, 3.63) is 53.5 Å². The number of nitrogens with one attached hydrogen (secondary N) is 1. The highest BCUT2D eigenvalue weighted by Gasteiger charge is 2.36. The average molecular weight is 398 g/mol. The van der Waals surface area contributed by atoms with E-state index in [1.807, 2.05) is 32.0 Å². The number of hydrogen-bond acceptors (Lipinski definition) is 5. The van der Waals surface area contributed by atoms with Crippen molar-refractivity contribution in [1.29, 1.82) is 0 Å². The Bertz CT molecular complexity index is 853. The summed E-state index contributed by atoms with van der Waals surface area (Å²) in [4.78, 5) is 38.8. The van der Waals surface area contributed by atoms with Crippen molar-refractivity contribution in [2.75, 3.05) is 18.5 Å². The van der Waals surface area contributed by atoms with Gasteiger partial charge < -0.3 is 19.4 Å². The predicted molar refractivity (Wildman–Crippen MR) is 108 cm³/mol. The number of likely N-dealkylation sites (tertiary alicyclic amines) is 1. The van der Waals surface area contributed by atoms with Crippen LogP contribution >= 0.6 is 0 Å². The molecule has 0 spiro atoms. The smallest absolute Gasteiger partial charge is 0.329 e. The SMILES string of the molecule is CCc1cccc(CC)c1NC(=O)COC(=O)C1CCCN1C(=O)c1ccco1. The first-order valence-corrected chi connectivity index (χ1v) is 9.96. The Morgan fingerprint density at radius 2 is 1.86 bits per heavy atom. The molecule has 1 aliphatic rings. The Balaban J connectivity index is 1.59. The van der Waals surface area contributed by atoms with E-state index in [2.05, 4.69) is 5.32 Å². The zero-order valence-corrected chi connectivity index (χ0v) is 16.8. The van der Waals surface area contributed by atoms with E-state index in [1.54, 1.807) is 12.1 Å². The van der Waals surface area contributed by atoms with Gasteiger partial charge >= 0.3 is 5.97 Å². The van der Waals surface area contributed by atoms with Crippen LogP contribution in [-0.4, -0.2) is 41.9 Å². The fourth-order valence-electron chi connectivity index (χ4n) is 3.61. The fourth-order valence-corrected chi connectivity index (χ4v) is 3.61. The average Bonchev–Trinajstić information content (AvgIpc) is 3.43. The minimum absolute atomic E-state index is 0.186. The molecule has 29 heavy (non-hydrogen) atoms. The lowest BCUT2D eigenvalue weighted by Crippen LogP contribution is -2.42. The molecular weight excluding hydrogens is 372 g/mol. The molecule has 1 saturated heterocycles. The van der Waals surface area contributed by atoms with E-state index in [0.29, 0.717) is 19.4 Å². The minimum atomic E-state index is -0.700. The van der Waals surface area contributed by atoms with Gasteiger partial charge in [-0.15, -0.1) is 0 Å². The monoisotopic (exact) mass is 398 g/mol. The van der Waals surface area contributed by atoms with Gasteiger partial charge in [-0.25, -0.2) is 4.79 Å². The van der Waals surface area contributed by atoms with Crippen molar-refractivity contribution in [3.63, 3.8) is 0 Å². The molecule has 0 aliphatic carbocycles. The molecule has 0 radical (unpaired) electrons. The number of rotatable bonds is 7. The molecule has 1 unspecified atom stereocenters. The maximum atomic E-state index is 12.5. The van der Waals surface area contributed by atoms with E-state index in [-0.39, 0.29) is 18.3 Å². The number of carbonyl (C=O) groups is 3. The number of amides is 2. The molecule has 2 heterocycles. The van der Waals surface area contributed by atoms with Crippen molar-refractivity contribution in [2.24, 2.45) is 0 Å². The Kier molecular flexibility index (Phi) is 6.69. The van der Waals surface area contributed by atoms with Crippen LogP contribution < -0.4 is 5.32 Å². The van der Waals surface area contributed by atoms with E-state index in [4.69, 9.17) is 9.15 Å². The van der Waals surface area contributed by atoms with Gasteiger partial charge in [0, 0.05) is 12.2 Å². The third-order valence-corrected chi connectivity index (χ3v) is 5.13. The highest BCUT2D eigenvalue weighted by molar-refractivity contribution is 5.96. The van der Waals surface area contributed by atoms with E-state index < -0.39 is 17.9 Å². The van der Waals surface area contributed by atoms with Crippen LogP contribution in [0.15, 0.2) is 41.0 Å². The van der Waals surface area contributed by atoms with Gasteiger partial charge in [0.2, 0.25) is 0 Å². The Labute approximate surface area is 170 Å². The molecule has 0 bridgehead atoms. The van der Waals surface area contributed by atoms with Crippen LogP contribution in [0, 0.1) is 0 Å². The number of anilines is 1. The van der Waals surface area contributed by atoms with Crippen LogP contribution in [-0.2, 0) is 27.2 Å². The number of ether oxygens (including phenoxy) is 1. The topological polar surface area (TPSA) is 88.9 Å². The predicted octanol–water partition coefficient (Wildman–Crippen LogP) is 3.19. The molecule has 1 N–H and O–H groups in total. The van der Waals surface area contributed by atoms with Gasteiger partial charge in [0.05, 0.1) is 6.26 Å². The molecule has 0 saturated carbocycles. The lowest BCUT2D eigenvalue weighted by Gasteiger charge is -2.22. The highest BCUT2D eigenvalue weighted by atomic mass is 16.5. The summed E-state index contributed by atoms with van der Waals surface area (Å²) in [6.45, 7) is 4.11. The van der Waals surface area contributed by atoms with Gasteiger partial charge in [-0.05, 0) is 48.9 Å². The second-order valence-electron chi connectivity index (χ2n) is 6.95. The Morgan fingerprint density at radius 1 is 1.14 bits per heavy atom. The third kappa shape index (κ3) is 4.67. The summed E-state index contributed by atoms with van der Waals surface area (Å²) >= 11 is 0. The van der Waals surface area contributed by atoms with Gasteiger partial charge in [-0.1, -0.05) is 32.0 Å². The lowest BCUT2D eigenvalue weighted by atomic mass is 10.0. The number of nitrogens with zero attached hydrogens (tertiary/aromatic N) is 1. The van der Waals surface area contributed by atoms with Crippen LogP contribution in [0.5, 0.6) is 0 Å². The second-order valence-corrected chi connectivity index (χ2v) is 6.95. The summed E-state index contributed by atoms with van der Waals surface area (Å²) in [6.07, 6.45) is 4.19. The summed E-state index contributed by atoms with van der Waals surface area (Å²) in [5.74, 6) is -1.12. The molecule has 3 rings (SSSR count). The van der Waals surface area contributed by atoms with E-state index >= 15 is 0 Å². The van der Waals surface area contributed by atoms with Crippen LogP contribution in [0.1, 0.15) is 48.4 Å². The highest BCUT2D eigenvalue weighted by Crippen LogP contribution is 2.23. The van der Waals surface area contributed by atoms with Crippen LogP contribution in [0.25, 0.3) is 0 Å². The second kappa shape index (κ2) is 9.41. The summed E-state index contributed by atoms with van der Waals surface area (Å²) in [6, 6.07) is 8.40. The van der Waals surface area contributed by atoms with Crippen LogP contribution in [0.2, 0.25) is 0 Å². The molecule has 2 aromatic rings. The third-order valence-electron chi connectivity index (χ3n) is 5.13. The van der Waals surface area contributed by atoms with Crippen molar-refractivity contribution >= 4 is 23.5 Å². The fraction of sp³-hybridized carbons (Fsp3) is 0.409. The molecule has 2 amide bonds. The molecule has 154 valence electrons. The maximum absolute atomic E-state index is 12.5. The zero-order chi connectivity index (χ0) is 20.8. The summed E-state index contributed by atoms with van der Waals surface area (Å²) in [5.41, 5.74) is 2.86. The van der Waals surface area contributed by atoms with E-state index in [1.165, 1.54) is 11.2 Å². The number of carbonyl (C=O) groups excluding carboxylic acids is 3. The first-order valence-electron chi connectivity index (χ1n) is 9.96. The normalized spacial score (nSPS) is 15.9. The molecule has 7 nitrogen and oxygen atoms in total. The van der Waals surface area contributed by atoms with Crippen LogP contribution in [0.3, 0.4) is 0 Å². The zero-order valence-electron chi connectivity index (χ0n) is 16.8. The van der Waals surface area contributed by atoms with E-state index in [0.717, 1.165) is 29.7 Å². The molecule has 7 heteroatoms. The minimum Gasteiger partial charge on any atom is -0.459 e. The van der Waals surface area contributed by atoms with Crippen molar-refractivity contribution in [3.8, 4) is 0 Å². The largest absolute Gasteiger partial charge is 0.459 e. The van der Waals surface area contributed by atoms with Gasteiger partial charge in [-0.2, -0.15) is 0 Å². The summed E-state index contributed by atoms with van der Waals surface area (Å²) in [5, 5.41) is 2.87. The number of esters is 1. The first kappa shape index (κ1) is 20.6. The van der Waals surface area contributed by atoms with Gasteiger partial charge in [0.15, 0.2) is 12.4 Å². The molecule has 1 atom stereocenters.